The van der Waals surface area contributed by atoms with Crippen molar-refractivity contribution in [1.82, 2.24) is 0 Å². The number of nitrogens with zero attached hydrogens (tertiary/aromatic N) is 1. The summed E-state index contributed by atoms with van der Waals surface area (Å²) in [7, 11) is 0. The van der Waals surface area contributed by atoms with Crippen molar-refractivity contribution >= 4 is 11.8 Å². The predicted molar refractivity (Wildman–Crippen MR) is 57.1 cm³/mol. The average Bonchev–Trinajstić information content (AvgIpc) is 2.05. The van der Waals surface area contributed by atoms with Crippen LogP contribution in [0.15, 0.2) is 4.99 Å². The van der Waals surface area contributed by atoms with E-state index >= 15 is 0 Å². The van der Waals surface area contributed by atoms with Gasteiger partial charge in [0, 0.05) is 12.1 Å². The SMILES string of the molecule is CC(C)(C)OC(=O)N=C1CCOC[C@H]1N. The molecule has 0 saturated carbocycles. The first-order valence-electron chi connectivity index (χ1n) is 5.02. The summed E-state index contributed by atoms with van der Waals surface area (Å²) in [5, 5.41) is 0. The van der Waals surface area contributed by atoms with Gasteiger partial charge in [0.2, 0.25) is 0 Å². The van der Waals surface area contributed by atoms with Gasteiger partial charge in [0.25, 0.3) is 0 Å². The Hall–Kier alpha value is -0.940. The van der Waals surface area contributed by atoms with E-state index in [0.29, 0.717) is 25.3 Å². The molecule has 2 N–H and O–H groups in total. The molecule has 0 aliphatic carbocycles. The second-order valence-electron chi connectivity index (χ2n) is 4.51. The van der Waals surface area contributed by atoms with Gasteiger partial charge in [-0.25, -0.2) is 4.79 Å². The van der Waals surface area contributed by atoms with Gasteiger partial charge in [-0.15, -0.1) is 0 Å². The topological polar surface area (TPSA) is 73.9 Å². The smallest absolute Gasteiger partial charge is 0.434 e. The van der Waals surface area contributed by atoms with Gasteiger partial charge < -0.3 is 15.2 Å². The van der Waals surface area contributed by atoms with Crippen LogP contribution >= 0.6 is 0 Å². The Morgan fingerprint density at radius 1 is 1.60 bits per heavy atom. The lowest BCUT2D eigenvalue weighted by atomic mass is 10.1. The summed E-state index contributed by atoms with van der Waals surface area (Å²) in [4.78, 5) is 15.2. The van der Waals surface area contributed by atoms with E-state index in [9.17, 15) is 4.79 Å². The number of ether oxygens (including phenoxy) is 2. The summed E-state index contributed by atoms with van der Waals surface area (Å²) in [6.45, 7) is 6.38. The molecule has 0 aromatic heterocycles. The van der Waals surface area contributed by atoms with Crippen molar-refractivity contribution in [3.63, 3.8) is 0 Å². The standard InChI is InChI=1S/C10H18N2O3/c1-10(2,3)15-9(13)12-8-4-5-14-6-7(8)11/h7H,4-6,11H2,1-3H3/t7-/m1/s1. The second kappa shape index (κ2) is 4.72. The van der Waals surface area contributed by atoms with Crippen LogP contribution in [-0.2, 0) is 9.47 Å². The van der Waals surface area contributed by atoms with Gasteiger partial charge in [-0.1, -0.05) is 0 Å². The Balaban J connectivity index is 2.57. The average molecular weight is 214 g/mol. The molecule has 86 valence electrons. The number of hydrogen-bond donors (Lipinski definition) is 1. The molecule has 5 nitrogen and oxygen atoms in total. The van der Waals surface area contributed by atoms with Crippen molar-refractivity contribution in [2.45, 2.75) is 38.8 Å². The largest absolute Gasteiger partial charge is 0.442 e. The van der Waals surface area contributed by atoms with Crippen molar-refractivity contribution in [1.29, 1.82) is 0 Å². The van der Waals surface area contributed by atoms with Crippen molar-refractivity contribution in [2.24, 2.45) is 10.7 Å². The molecule has 1 atom stereocenters. The molecule has 1 heterocycles. The van der Waals surface area contributed by atoms with Gasteiger partial charge in [-0.2, -0.15) is 4.99 Å². The van der Waals surface area contributed by atoms with E-state index in [4.69, 9.17) is 15.2 Å². The Morgan fingerprint density at radius 3 is 2.80 bits per heavy atom. The molecule has 5 heteroatoms. The van der Waals surface area contributed by atoms with Gasteiger partial charge in [-0.05, 0) is 20.8 Å². The summed E-state index contributed by atoms with van der Waals surface area (Å²) in [5.41, 5.74) is 5.87. The maximum absolute atomic E-state index is 11.4. The molecule has 1 amide bonds. The molecular weight excluding hydrogens is 196 g/mol. The van der Waals surface area contributed by atoms with Gasteiger partial charge in [-0.3, -0.25) is 0 Å². The maximum Gasteiger partial charge on any atom is 0.434 e. The summed E-state index contributed by atoms with van der Waals surface area (Å²) < 4.78 is 10.2. The minimum absolute atomic E-state index is 0.286. The Labute approximate surface area is 89.6 Å². The monoisotopic (exact) mass is 214 g/mol. The summed E-state index contributed by atoms with van der Waals surface area (Å²) in [6, 6.07) is -0.286. The maximum atomic E-state index is 11.4. The van der Waals surface area contributed by atoms with Crippen LogP contribution in [0.2, 0.25) is 0 Å². The zero-order valence-electron chi connectivity index (χ0n) is 9.45. The number of amides is 1. The number of nitrogens with two attached hydrogens (primary N) is 1. The second-order valence-corrected chi connectivity index (χ2v) is 4.51. The first-order valence-corrected chi connectivity index (χ1v) is 5.02. The van der Waals surface area contributed by atoms with Gasteiger partial charge >= 0.3 is 6.09 Å². The van der Waals surface area contributed by atoms with Crippen LogP contribution < -0.4 is 5.73 Å². The molecule has 1 aliphatic rings. The first-order chi connectivity index (χ1) is 6.88. The molecular formula is C10H18N2O3. The molecule has 0 unspecified atom stereocenters. The fourth-order valence-corrected chi connectivity index (χ4v) is 1.21. The van der Waals surface area contributed by atoms with E-state index in [1.807, 2.05) is 0 Å². The molecule has 0 aromatic rings. The number of rotatable bonds is 0. The van der Waals surface area contributed by atoms with Crippen LogP contribution in [0.3, 0.4) is 0 Å². The lowest BCUT2D eigenvalue weighted by Gasteiger charge is -2.22. The molecule has 0 aromatic carbocycles. The fraction of sp³-hybridized carbons (Fsp3) is 0.800. The van der Waals surface area contributed by atoms with E-state index in [2.05, 4.69) is 4.99 Å². The van der Waals surface area contributed by atoms with Crippen molar-refractivity contribution in [3.05, 3.63) is 0 Å². The zero-order valence-corrected chi connectivity index (χ0v) is 9.45. The van der Waals surface area contributed by atoms with E-state index in [-0.39, 0.29) is 6.04 Å². The van der Waals surface area contributed by atoms with Crippen LogP contribution in [0.1, 0.15) is 27.2 Å². The first kappa shape index (κ1) is 12.1. The van der Waals surface area contributed by atoms with Crippen LogP contribution in [-0.4, -0.2) is 36.7 Å². The molecule has 0 bridgehead atoms. The van der Waals surface area contributed by atoms with E-state index < -0.39 is 11.7 Å². The normalized spacial score (nSPS) is 25.3. The van der Waals surface area contributed by atoms with Crippen LogP contribution in [0.4, 0.5) is 4.79 Å². The van der Waals surface area contributed by atoms with Crippen molar-refractivity contribution in [2.75, 3.05) is 13.2 Å². The Morgan fingerprint density at radius 2 is 2.27 bits per heavy atom. The minimum Gasteiger partial charge on any atom is -0.442 e. The van der Waals surface area contributed by atoms with E-state index in [0.717, 1.165) is 0 Å². The lowest BCUT2D eigenvalue weighted by Crippen LogP contribution is -2.40. The van der Waals surface area contributed by atoms with Crippen LogP contribution in [0.5, 0.6) is 0 Å². The molecule has 1 aliphatic heterocycles. The highest BCUT2D eigenvalue weighted by molar-refractivity contribution is 5.97. The van der Waals surface area contributed by atoms with Crippen LogP contribution in [0, 0.1) is 0 Å². The molecule has 15 heavy (non-hydrogen) atoms. The van der Waals surface area contributed by atoms with Crippen molar-refractivity contribution in [3.8, 4) is 0 Å². The van der Waals surface area contributed by atoms with Gasteiger partial charge in [0.1, 0.15) is 5.60 Å². The predicted octanol–water partition coefficient (Wildman–Crippen LogP) is 1.11. The molecule has 0 radical (unpaired) electrons. The van der Waals surface area contributed by atoms with Crippen LogP contribution in [0.25, 0.3) is 0 Å². The fourth-order valence-electron chi connectivity index (χ4n) is 1.21. The molecule has 1 saturated heterocycles. The lowest BCUT2D eigenvalue weighted by molar-refractivity contribution is 0.0600. The number of aliphatic imine (C=N–C) groups is 1. The molecule has 0 spiro atoms. The van der Waals surface area contributed by atoms with Gasteiger partial charge in [0.15, 0.2) is 0 Å². The number of carbonyl (C=O) groups excluding carboxylic acids is 1. The number of carbonyl (C=O) groups is 1. The number of hydrogen-bond acceptors (Lipinski definition) is 4. The summed E-state index contributed by atoms with van der Waals surface area (Å²) in [5.74, 6) is 0. The minimum atomic E-state index is -0.574. The molecule has 1 fully saturated rings. The van der Waals surface area contributed by atoms with Crippen molar-refractivity contribution < 1.29 is 14.3 Å². The summed E-state index contributed by atoms with van der Waals surface area (Å²) in [6.07, 6.45) is 0.0234. The third kappa shape index (κ3) is 4.40. The highest BCUT2D eigenvalue weighted by atomic mass is 16.6. The van der Waals surface area contributed by atoms with E-state index in [1.54, 1.807) is 20.8 Å². The Kier molecular flexibility index (Phi) is 3.82. The van der Waals surface area contributed by atoms with E-state index in [1.165, 1.54) is 0 Å². The quantitative estimate of drug-likeness (QED) is 0.655. The Bertz CT molecular complexity index is 268. The van der Waals surface area contributed by atoms with Gasteiger partial charge in [0.05, 0.1) is 19.3 Å². The highest BCUT2D eigenvalue weighted by Crippen LogP contribution is 2.10. The third-order valence-electron chi connectivity index (χ3n) is 1.86. The highest BCUT2D eigenvalue weighted by Gasteiger charge is 2.20. The zero-order chi connectivity index (χ0) is 11.5. The summed E-state index contributed by atoms with van der Waals surface area (Å²) >= 11 is 0. The molecule has 1 rings (SSSR count). The third-order valence-corrected chi connectivity index (χ3v) is 1.86.